The van der Waals surface area contributed by atoms with Crippen LogP contribution in [0.15, 0.2) is 356 Å². The van der Waals surface area contributed by atoms with Gasteiger partial charge in [-0.2, -0.15) is 0 Å². The van der Waals surface area contributed by atoms with Crippen LogP contribution in [0.25, 0.3) is 220 Å². The van der Waals surface area contributed by atoms with Crippen LogP contribution in [0.2, 0.25) is 0 Å². The topological polar surface area (TPSA) is 85.1 Å². The van der Waals surface area contributed by atoms with Gasteiger partial charge >= 0.3 is 0 Å². The fourth-order valence-corrected chi connectivity index (χ4v) is 23.1. The standard InChI is InChI=1S/C29H28NO.C28H26NO.C27H26NO.C26H24NO.C24H20NO/c1-19-12-13-24-25-16-21-10-6-7-11-22(21)18-27(25)31-29(24)28(19)26-17-23(14-15-30(26)2)20-8-4-3-5-9-20;1-18-11-12-23-24-15-20-9-5-6-10-21(20)17-26(24)30-28(23)27(18)25-16-22(13-14-29(25)2)19-7-3-4-8-19;1-17-10-11-21-22-14-18-8-6-7-9-19(18)15-24(22)29-26(21)25(17)23-16-20(27(2,3)4)12-13-28(23)5;1-16(2)18-11-12-27(4)23(14-18)25-17(3)9-10-21-22-13-19-7-5-6-8-20(19)15-24(22)28-26(21)25;1-15-8-11-21(25(3)14-15)23-16(2)9-10-19-20-12-17-6-4-5-7-18(17)13-22(20)26-24(19)23/h6-7,10-18,20H,3-5,8-9H2,1-2H3;5-6,9-17,19H,3-4,7-8H2,1-2H3;6-16H,1-5H3;5-16H,1-4H3;4-14H,1-3H3/q5*+1. The van der Waals surface area contributed by atoms with E-state index in [9.17, 15) is 0 Å². The Hall–Kier alpha value is -15.7. The molecule has 10 heterocycles. The van der Waals surface area contributed by atoms with Gasteiger partial charge in [-0.1, -0.05) is 249 Å². The second-order valence-electron chi connectivity index (χ2n) is 42.4. The van der Waals surface area contributed by atoms with Gasteiger partial charge in [-0.3, -0.25) is 0 Å². The van der Waals surface area contributed by atoms with Crippen LogP contribution >= 0.6 is 0 Å². The largest absolute Gasteiger partial charge is 0.455 e. The van der Waals surface area contributed by atoms with Crippen LogP contribution in [-0.2, 0) is 40.7 Å². The Labute approximate surface area is 841 Å². The molecule has 10 aromatic heterocycles. The van der Waals surface area contributed by atoms with Crippen molar-refractivity contribution >= 4 is 164 Å². The van der Waals surface area contributed by atoms with Gasteiger partial charge in [0.2, 0.25) is 28.5 Å². The fraction of sp³-hybridized carbons (Fsp3) is 0.216. The van der Waals surface area contributed by atoms with Gasteiger partial charge < -0.3 is 22.1 Å². The molecule has 27 rings (SSSR count). The number of aryl methyl sites for hydroxylation is 11. The van der Waals surface area contributed by atoms with Crippen molar-refractivity contribution in [2.75, 3.05) is 0 Å². The van der Waals surface area contributed by atoms with E-state index in [4.69, 9.17) is 22.1 Å². The first-order valence-electron chi connectivity index (χ1n) is 51.6. The minimum Gasteiger partial charge on any atom is -0.455 e. The molecule has 0 aliphatic heterocycles. The molecule has 15 aromatic carbocycles. The molecule has 0 N–H and O–H groups in total. The third-order valence-corrected chi connectivity index (χ3v) is 31.3. The van der Waals surface area contributed by atoms with Gasteiger partial charge in [0, 0.05) is 114 Å². The number of pyridine rings is 5. The van der Waals surface area contributed by atoms with Gasteiger partial charge in [0.1, 0.15) is 91.1 Å². The molecule has 0 radical (unpaired) electrons. The van der Waals surface area contributed by atoms with Crippen molar-refractivity contribution in [1.82, 2.24) is 0 Å². The lowest BCUT2D eigenvalue weighted by atomic mass is 9.84. The smallest absolute Gasteiger partial charge is 0.216 e. The van der Waals surface area contributed by atoms with Crippen molar-refractivity contribution in [3.05, 3.63) is 390 Å². The van der Waals surface area contributed by atoms with Crippen LogP contribution in [0.3, 0.4) is 0 Å². The van der Waals surface area contributed by atoms with Crippen LogP contribution in [0.5, 0.6) is 0 Å². The number of rotatable bonds is 8. The van der Waals surface area contributed by atoms with Gasteiger partial charge in [-0.15, -0.1) is 0 Å². The highest BCUT2D eigenvalue weighted by Crippen LogP contribution is 2.48. The first-order chi connectivity index (χ1) is 69.8. The zero-order valence-electron chi connectivity index (χ0n) is 85.6. The summed E-state index contributed by atoms with van der Waals surface area (Å²) < 4.78 is 43.5. The molecule has 2 aliphatic rings. The number of benzene rings is 15. The molecule has 25 aromatic rings. The van der Waals surface area contributed by atoms with E-state index in [1.54, 1.807) is 0 Å². The van der Waals surface area contributed by atoms with Gasteiger partial charge in [0.15, 0.2) is 31.0 Å². The summed E-state index contributed by atoms with van der Waals surface area (Å²) in [4.78, 5) is 0. The Balaban J connectivity index is 0.0000000998. The highest BCUT2D eigenvalue weighted by molar-refractivity contribution is 6.19. The van der Waals surface area contributed by atoms with E-state index in [0.717, 1.165) is 55.8 Å². The van der Waals surface area contributed by atoms with E-state index in [1.165, 1.54) is 277 Å². The Bertz CT molecular complexity index is 9440. The molecule has 2 fully saturated rings. The van der Waals surface area contributed by atoms with Crippen molar-refractivity contribution in [2.24, 2.45) is 35.2 Å². The van der Waals surface area contributed by atoms with Crippen LogP contribution in [0.1, 0.15) is 166 Å². The predicted octanol–water partition coefficient (Wildman–Crippen LogP) is 34.1. The summed E-state index contributed by atoms with van der Waals surface area (Å²) >= 11 is 0. The summed E-state index contributed by atoms with van der Waals surface area (Å²) in [6.07, 6.45) is 23.0. The summed E-state index contributed by atoms with van der Waals surface area (Å²) in [7, 11) is 10.6. The average Bonchev–Trinajstić information content (AvgIpc) is 1.61. The lowest BCUT2D eigenvalue weighted by molar-refractivity contribution is -0.660. The maximum absolute atomic E-state index is 6.55. The van der Waals surface area contributed by atoms with Crippen molar-refractivity contribution in [2.45, 2.75) is 157 Å². The van der Waals surface area contributed by atoms with E-state index in [-0.39, 0.29) is 5.41 Å². The first kappa shape index (κ1) is 92.1. The number of hydrogen-bond acceptors (Lipinski definition) is 5. The summed E-state index contributed by atoms with van der Waals surface area (Å²) in [5.74, 6) is 1.88. The van der Waals surface area contributed by atoms with Gasteiger partial charge in [0.25, 0.3) is 0 Å². The third-order valence-electron chi connectivity index (χ3n) is 31.3. The highest BCUT2D eigenvalue weighted by atomic mass is 16.3. The van der Waals surface area contributed by atoms with Crippen LogP contribution < -0.4 is 22.8 Å². The normalized spacial score (nSPS) is 13.3. The van der Waals surface area contributed by atoms with Crippen molar-refractivity contribution < 1.29 is 44.9 Å². The number of furan rings is 5. The lowest BCUT2D eigenvalue weighted by Crippen LogP contribution is -2.32. The van der Waals surface area contributed by atoms with Gasteiger partial charge in [-0.25, -0.2) is 22.8 Å². The quantitative estimate of drug-likeness (QED) is 0.142. The number of fused-ring (bicyclic) bond motifs is 20. The molecule has 10 heteroatoms. The molecule has 2 saturated carbocycles. The molecule has 710 valence electrons. The van der Waals surface area contributed by atoms with E-state index >= 15 is 0 Å². The number of aromatic nitrogens is 5. The molecule has 2 aliphatic carbocycles. The highest BCUT2D eigenvalue weighted by Gasteiger charge is 2.32. The van der Waals surface area contributed by atoms with E-state index < -0.39 is 0 Å². The lowest BCUT2D eigenvalue weighted by Gasteiger charge is -2.21. The molecule has 0 bridgehead atoms. The van der Waals surface area contributed by atoms with Crippen LogP contribution in [0, 0.1) is 41.5 Å². The zero-order valence-corrected chi connectivity index (χ0v) is 85.6. The molecular weight excluding hydrogens is 1760 g/mol. The molecule has 0 saturated heterocycles. The first-order valence-corrected chi connectivity index (χ1v) is 51.6. The van der Waals surface area contributed by atoms with Crippen LogP contribution in [-0.4, -0.2) is 0 Å². The van der Waals surface area contributed by atoms with E-state index in [0.29, 0.717) is 17.8 Å². The molecule has 144 heavy (non-hydrogen) atoms. The molecule has 0 atom stereocenters. The zero-order chi connectivity index (χ0) is 98.8. The predicted molar refractivity (Wildman–Crippen MR) is 597 cm³/mol. The fourth-order valence-electron chi connectivity index (χ4n) is 23.1. The van der Waals surface area contributed by atoms with Gasteiger partial charge in [0.05, 0.1) is 27.8 Å². The number of hydrogen-bond donors (Lipinski definition) is 0. The third kappa shape index (κ3) is 16.9. The Morgan fingerprint density at radius 1 is 0.250 bits per heavy atom. The Morgan fingerprint density at radius 2 is 0.514 bits per heavy atom. The van der Waals surface area contributed by atoms with Gasteiger partial charge in [-0.05, 0) is 261 Å². The Kier molecular flexibility index (Phi) is 23.9. The van der Waals surface area contributed by atoms with Crippen molar-refractivity contribution in [3.63, 3.8) is 0 Å². The maximum atomic E-state index is 6.55. The Morgan fingerprint density at radius 3 is 0.806 bits per heavy atom. The number of nitrogens with zero attached hydrogens (tertiary/aromatic N) is 5. The molecular formula is C134H124N5O5+5. The molecule has 0 unspecified atom stereocenters. The summed E-state index contributed by atoms with van der Waals surface area (Å²) in [5.41, 5.74) is 34.8. The monoisotopic (exact) mass is 1880 g/mol. The van der Waals surface area contributed by atoms with E-state index in [1.807, 2.05) is 0 Å². The second kappa shape index (κ2) is 37.3. The molecule has 10 nitrogen and oxygen atoms in total. The van der Waals surface area contributed by atoms with Crippen molar-refractivity contribution in [1.29, 1.82) is 0 Å². The maximum Gasteiger partial charge on any atom is 0.216 e. The SMILES string of the molecule is Cc1ccc(-c2c(C)ccc3c2oc2cc4ccccc4cc23)[n+](C)c1.Cc1ccc2c(oc3cc4ccccc4cc32)c1-c1cc(C(C)(C)C)cc[n+]1C.Cc1ccc2c(oc3cc4ccccc4cc32)c1-c1cc(C(C)C)cc[n+]1C.Cc1ccc2c(oc3cc4ccccc4cc32)c1-c1cc(C2CCCC2)cc[n+]1C.Cc1ccc2c(oc3cc4ccccc4cc32)c1-c1cc(C2CCCCC2)cc[n+]1C. The summed E-state index contributed by atoms with van der Waals surface area (Å²) in [5, 5.41) is 24.1. The van der Waals surface area contributed by atoms with Crippen molar-refractivity contribution in [3.8, 4) is 56.3 Å². The van der Waals surface area contributed by atoms with Crippen LogP contribution in [0.4, 0.5) is 0 Å². The van der Waals surface area contributed by atoms with E-state index in [2.05, 4.69) is 469 Å². The summed E-state index contributed by atoms with van der Waals surface area (Å²) in [6.45, 7) is 24.2. The minimum absolute atomic E-state index is 0.0937. The molecule has 0 amide bonds. The molecule has 0 spiro atoms. The minimum atomic E-state index is 0.0937. The average molecular weight is 1880 g/mol. The summed E-state index contributed by atoms with van der Waals surface area (Å²) in [6, 6.07) is 109. The second-order valence-corrected chi connectivity index (χ2v) is 42.4.